The van der Waals surface area contributed by atoms with E-state index in [-0.39, 0.29) is 0 Å². The third-order valence-corrected chi connectivity index (χ3v) is 4.49. The van der Waals surface area contributed by atoms with Crippen molar-refractivity contribution in [3.05, 3.63) is 29.3 Å². The van der Waals surface area contributed by atoms with Gasteiger partial charge in [-0.05, 0) is 31.5 Å². The second-order valence-corrected chi connectivity index (χ2v) is 6.48. The molecule has 0 aliphatic rings. The number of ether oxygens (including phenoxy) is 1. The average molecular weight is 294 g/mol. The summed E-state index contributed by atoms with van der Waals surface area (Å²) in [5.41, 5.74) is 7.10. The molecule has 0 heterocycles. The van der Waals surface area contributed by atoms with Crippen LogP contribution >= 0.6 is 11.8 Å². The summed E-state index contributed by atoms with van der Waals surface area (Å²) in [6, 6.07) is 6.42. The molecular formula is C14H18N2O3S. The smallest absolute Gasteiger partial charge is 0.321 e. The molecule has 1 atom stereocenters. The van der Waals surface area contributed by atoms with E-state index in [0.717, 1.165) is 5.56 Å². The molecule has 0 saturated carbocycles. The molecule has 0 saturated heterocycles. The Morgan fingerprint density at radius 3 is 2.75 bits per heavy atom. The van der Waals surface area contributed by atoms with Gasteiger partial charge in [0, 0.05) is 10.5 Å². The Morgan fingerprint density at radius 1 is 1.60 bits per heavy atom. The number of nitrogens with two attached hydrogens (primary N) is 1. The van der Waals surface area contributed by atoms with E-state index < -0.39 is 16.8 Å². The number of carboxylic acid groups (broad SMARTS) is 1. The third-order valence-electron chi connectivity index (χ3n) is 3.01. The lowest BCUT2D eigenvalue weighted by Crippen LogP contribution is -2.46. The van der Waals surface area contributed by atoms with Gasteiger partial charge in [-0.2, -0.15) is 5.26 Å². The van der Waals surface area contributed by atoms with Gasteiger partial charge in [-0.1, -0.05) is 6.07 Å². The van der Waals surface area contributed by atoms with E-state index in [1.165, 1.54) is 18.9 Å². The van der Waals surface area contributed by atoms with Gasteiger partial charge in [0.15, 0.2) is 0 Å². The number of carboxylic acids is 1. The van der Waals surface area contributed by atoms with Gasteiger partial charge in [0.25, 0.3) is 0 Å². The van der Waals surface area contributed by atoms with E-state index in [1.807, 2.05) is 12.1 Å². The summed E-state index contributed by atoms with van der Waals surface area (Å²) >= 11 is 1.46. The largest absolute Gasteiger partial charge is 0.495 e. The Hall–Kier alpha value is -1.71. The van der Waals surface area contributed by atoms with Crippen LogP contribution in [0.5, 0.6) is 5.75 Å². The summed E-state index contributed by atoms with van der Waals surface area (Å²) in [5.74, 6) is 0.0987. The first-order valence-electron chi connectivity index (χ1n) is 6.01. The molecule has 1 aromatic rings. The minimum atomic E-state index is -1.01. The molecular weight excluding hydrogens is 276 g/mol. The lowest BCUT2D eigenvalue weighted by molar-refractivity contribution is -0.139. The van der Waals surface area contributed by atoms with Crippen LogP contribution in [0.2, 0.25) is 0 Å². The Morgan fingerprint density at radius 2 is 2.25 bits per heavy atom. The number of nitrogens with zero attached hydrogens (tertiary/aromatic N) is 1. The van der Waals surface area contributed by atoms with Crippen LogP contribution in [-0.2, 0) is 10.5 Å². The maximum absolute atomic E-state index is 10.9. The van der Waals surface area contributed by atoms with Crippen molar-refractivity contribution < 1.29 is 14.6 Å². The molecule has 1 rings (SSSR count). The molecule has 108 valence electrons. The second-order valence-electron chi connectivity index (χ2n) is 4.85. The van der Waals surface area contributed by atoms with Crippen LogP contribution in [0.15, 0.2) is 18.2 Å². The first-order chi connectivity index (χ1) is 9.31. The molecule has 3 N–H and O–H groups in total. The quantitative estimate of drug-likeness (QED) is 0.833. The Labute approximate surface area is 122 Å². The van der Waals surface area contributed by atoms with Gasteiger partial charge in [0.2, 0.25) is 0 Å². The molecule has 0 bridgehead atoms. The minimum Gasteiger partial charge on any atom is -0.495 e. The monoisotopic (exact) mass is 294 g/mol. The summed E-state index contributed by atoms with van der Waals surface area (Å²) in [6.07, 6.45) is 0. The fourth-order valence-electron chi connectivity index (χ4n) is 1.57. The molecule has 5 nitrogen and oxygen atoms in total. The molecule has 0 fully saturated rings. The molecule has 6 heteroatoms. The number of methoxy groups -OCH3 is 1. The third kappa shape index (κ3) is 3.89. The molecule has 0 aromatic heterocycles. The van der Waals surface area contributed by atoms with E-state index in [2.05, 4.69) is 0 Å². The second kappa shape index (κ2) is 6.64. The predicted octanol–water partition coefficient (Wildman–Crippen LogP) is 1.99. The van der Waals surface area contributed by atoms with Crippen molar-refractivity contribution in [2.75, 3.05) is 7.11 Å². The molecule has 0 amide bonds. The highest BCUT2D eigenvalue weighted by Gasteiger charge is 2.32. The molecule has 0 unspecified atom stereocenters. The summed E-state index contributed by atoms with van der Waals surface area (Å²) in [4.78, 5) is 10.9. The topological polar surface area (TPSA) is 96.3 Å². The van der Waals surface area contributed by atoms with Crippen LogP contribution in [0.1, 0.15) is 25.0 Å². The molecule has 20 heavy (non-hydrogen) atoms. The highest BCUT2D eigenvalue weighted by atomic mass is 32.2. The molecule has 0 radical (unpaired) electrons. The zero-order valence-electron chi connectivity index (χ0n) is 11.7. The molecule has 0 spiro atoms. The first kappa shape index (κ1) is 16.3. The number of benzene rings is 1. The maximum atomic E-state index is 10.9. The van der Waals surface area contributed by atoms with Crippen LogP contribution in [0, 0.1) is 11.3 Å². The van der Waals surface area contributed by atoms with Crippen molar-refractivity contribution in [3.63, 3.8) is 0 Å². The number of rotatable bonds is 6. The van der Waals surface area contributed by atoms with Crippen molar-refractivity contribution in [1.82, 2.24) is 0 Å². The summed E-state index contributed by atoms with van der Waals surface area (Å²) < 4.78 is 4.55. The predicted molar refractivity (Wildman–Crippen MR) is 78.7 cm³/mol. The standard InChI is InChI=1S/C14H18N2O3S/c1-14(2,12(16)13(17)18)20-8-9-4-5-10(7-15)11(6-9)19-3/h4-6,12H,8,16H2,1-3H3,(H,17,18)/t12-/m0/s1. The van der Waals surface area contributed by atoms with Gasteiger partial charge in [-0.15, -0.1) is 11.8 Å². The fraction of sp³-hybridized carbons (Fsp3) is 0.429. The zero-order chi connectivity index (χ0) is 15.3. The van der Waals surface area contributed by atoms with Crippen molar-refractivity contribution in [2.24, 2.45) is 5.73 Å². The van der Waals surface area contributed by atoms with Gasteiger partial charge in [-0.25, -0.2) is 0 Å². The number of aliphatic carboxylic acids is 1. The van der Waals surface area contributed by atoms with E-state index in [0.29, 0.717) is 17.1 Å². The summed E-state index contributed by atoms with van der Waals surface area (Å²) in [7, 11) is 1.51. The Balaban J connectivity index is 2.80. The fourth-order valence-corrected chi connectivity index (χ4v) is 2.57. The molecule has 0 aliphatic carbocycles. The summed E-state index contributed by atoms with van der Waals surface area (Å²) in [6.45, 7) is 3.61. The number of carbonyl (C=O) groups is 1. The Bertz CT molecular complexity index is 538. The van der Waals surface area contributed by atoms with Crippen LogP contribution in [-0.4, -0.2) is 29.0 Å². The highest BCUT2D eigenvalue weighted by molar-refractivity contribution is 7.99. The normalized spacial score (nSPS) is 12.6. The van der Waals surface area contributed by atoms with Crippen molar-refractivity contribution in [1.29, 1.82) is 5.26 Å². The van der Waals surface area contributed by atoms with Crippen LogP contribution < -0.4 is 10.5 Å². The zero-order valence-corrected chi connectivity index (χ0v) is 12.5. The van der Waals surface area contributed by atoms with Gasteiger partial charge in [0.05, 0.1) is 12.7 Å². The molecule has 0 aliphatic heterocycles. The Kier molecular flexibility index (Phi) is 5.43. The van der Waals surface area contributed by atoms with Crippen molar-refractivity contribution >= 4 is 17.7 Å². The van der Waals surface area contributed by atoms with Gasteiger partial charge >= 0.3 is 5.97 Å². The highest BCUT2D eigenvalue weighted by Crippen LogP contribution is 2.32. The molecule has 1 aromatic carbocycles. The van der Waals surface area contributed by atoms with Crippen LogP contribution in [0.3, 0.4) is 0 Å². The van der Waals surface area contributed by atoms with Crippen molar-refractivity contribution in [2.45, 2.75) is 30.4 Å². The van der Waals surface area contributed by atoms with E-state index in [1.54, 1.807) is 26.0 Å². The van der Waals surface area contributed by atoms with Crippen LogP contribution in [0.4, 0.5) is 0 Å². The average Bonchev–Trinajstić information content (AvgIpc) is 2.43. The maximum Gasteiger partial charge on any atom is 0.321 e. The number of hydrogen-bond donors (Lipinski definition) is 2. The minimum absolute atomic E-state index is 0.475. The number of thioether (sulfide) groups is 1. The first-order valence-corrected chi connectivity index (χ1v) is 6.99. The van der Waals surface area contributed by atoms with Gasteiger partial charge in [-0.3, -0.25) is 4.79 Å². The van der Waals surface area contributed by atoms with Gasteiger partial charge in [0.1, 0.15) is 17.9 Å². The number of nitriles is 1. The van der Waals surface area contributed by atoms with E-state index in [9.17, 15) is 4.79 Å². The van der Waals surface area contributed by atoms with Gasteiger partial charge < -0.3 is 15.6 Å². The lowest BCUT2D eigenvalue weighted by atomic mass is 10.1. The summed E-state index contributed by atoms with van der Waals surface area (Å²) in [5, 5.41) is 17.9. The van der Waals surface area contributed by atoms with Crippen LogP contribution in [0.25, 0.3) is 0 Å². The lowest BCUT2D eigenvalue weighted by Gasteiger charge is -2.28. The van der Waals surface area contributed by atoms with Crippen molar-refractivity contribution in [3.8, 4) is 11.8 Å². The SMILES string of the molecule is COc1cc(CSC(C)(C)[C@@H](N)C(=O)O)ccc1C#N. The number of hydrogen-bond acceptors (Lipinski definition) is 5. The van der Waals surface area contributed by atoms with E-state index >= 15 is 0 Å². The van der Waals surface area contributed by atoms with E-state index in [4.69, 9.17) is 20.8 Å².